The molecule has 2 atom stereocenters. The standard InChI is InChI=1S/C8H15N3O4/c1-2-4(9)7(13)11-5(8(14)15)3-6(10)12/h4-5H,2-3,9H2,1H3,(H2,10,12)(H,11,13)(H,14,15)/t4?,5-/m0/s1. The summed E-state index contributed by atoms with van der Waals surface area (Å²) in [5.74, 6) is -2.72. The van der Waals surface area contributed by atoms with Crippen LogP contribution in [-0.2, 0) is 14.4 Å². The third-order valence-electron chi connectivity index (χ3n) is 1.80. The zero-order valence-electron chi connectivity index (χ0n) is 8.40. The highest BCUT2D eigenvalue weighted by molar-refractivity contribution is 5.89. The van der Waals surface area contributed by atoms with Crippen LogP contribution in [0.1, 0.15) is 19.8 Å². The maximum absolute atomic E-state index is 11.2. The molecule has 0 aromatic rings. The van der Waals surface area contributed by atoms with Crippen molar-refractivity contribution in [3.63, 3.8) is 0 Å². The molecule has 0 aliphatic rings. The lowest BCUT2D eigenvalue weighted by molar-refractivity contribution is -0.143. The van der Waals surface area contributed by atoms with Gasteiger partial charge in [-0.25, -0.2) is 4.79 Å². The summed E-state index contributed by atoms with van der Waals surface area (Å²) in [6.45, 7) is 1.69. The van der Waals surface area contributed by atoms with Gasteiger partial charge in [-0.15, -0.1) is 0 Å². The first-order chi connectivity index (χ1) is 6.88. The van der Waals surface area contributed by atoms with Gasteiger partial charge in [0.1, 0.15) is 6.04 Å². The van der Waals surface area contributed by atoms with Gasteiger partial charge in [0.15, 0.2) is 0 Å². The second-order valence-corrected chi connectivity index (χ2v) is 3.08. The van der Waals surface area contributed by atoms with Gasteiger partial charge in [0.05, 0.1) is 12.5 Å². The lowest BCUT2D eigenvalue weighted by Gasteiger charge is -2.15. The van der Waals surface area contributed by atoms with Gasteiger partial charge < -0.3 is 21.9 Å². The molecule has 0 fully saturated rings. The summed E-state index contributed by atoms with van der Waals surface area (Å²) in [4.78, 5) is 32.3. The van der Waals surface area contributed by atoms with Crippen molar-refractivity contribution in [1.29, 1.82) is 0 Å². The molecular weight excluding hydrogens is 202 g/mol. The number of carbonyl (C=O) groups excluding carboxylic acids is 2. The van der Waals surface area contributed by atoms with E-state index in [0.29, 0.717) is 6.42 Å². The van der Waals surface area contributed by atoms with E-state index in [1.807, 2.05) is 0 Å². The summed E-state index contributed by atoms with van der Waals surface area (Å²) in [7, 11) is 0. The summed E-state index contributed by atoms with van der Waals surface area (Å²) in [5.41, 5.74) is 10.2. The van der Waals surface area contributed by atoms with E-state index in [2.05, 4.69) is 5.32 Å². The second kappa shape index (κ2) is 5.97. The Morgan fingerprint density at radius 1 is 1.40 bits per heavy atom. The van der Waals surface area contributed by atoms with Crippen molar-refractivity contribution in [3.8, 4) is 0 Å². The molecule has 0 saturated carbocycles. The highest BCUT2D eigenvalue weighted by Crippen LogP contribution is 1.94. The van der Waals surface area contributed by atoms with Crippen molar-refractivity contribution in [2.75, 3.05) is 0 Å². The van der Waals surface area contributed by atoms with Crippen molar-refractivity contribution in [2.45, 2.75) is 31.8 Å². The summed E-state index contributed by atoms with van der Waals surface area (Å²) >= 11 is 0. The molecule has 0 rings (SSSR count). The van der Waals surface area contributed by atoms with E-state index in [4.69, 9.17) is 16.6 Å². The van der Waals surface area contributed by atoms with Crippen molar-refractivity contribution < 1.29 is 19.5 Å². The van der Waals surface area contributed by atoms with Crippen LogP contribution in [0, 0.1) is 0 Å². The number of aliphatic carboxylic acids is 1. The number of carboxylic acids is 1. The normalized spacial score (nSPS) is 14.0. The first-order valence-corrected chi connectivity index (χ1v) is 4.45. The number of carbonyl (C=O) groups is 3. The summed E-state index contributed by atoms with van der Waals surface area (Å²) in [6, 6.07) is -2.09. The SMILES string of the molecule is CCC(N)C(=O)N[C@@H](CC(N)=O)C(=O)O. The number of rotatable bonds is 6. The van der Waals surface area contributed by atoms with Gasteiger partial charge in [-0.05, 0) is 6.42 Å². The highest BCUT2D eigenvalue weighted by Gasteiger charge is 2.23. The van der Waals surface area contributed by atoms with Crippen LogP contribution in [0.3, 0.4) is 0 Å². The van der Waals surface area contributed by atoms with Gasteiger partial charge in [-0.2, -0.15) is 0 Å². The first kappa shape index (κ1) is 13.4. The van der Waals surface area contributed by atoms with Crippen molar-refractivity contribution in [3.05, 3.63) is 0 Å². The molecule has 0 bridgehead atoms. The predicted octanol–water partition coefficient (Wildman–Crippen LogP) is -1.83. The molecule has 15 heavy (non-hydrogen) atoms. The maximum Gasteiger partial charge on any atom is 0.326 e. The maximum atomic E-state index is 11.2. The largest absolute Gasteiger partial charge is 0.480 e. The van der Waals surface area contributed by atoms with E-state index in [1.54, 1.807) is 6.92 Å². The molecule has 0 heterocycles. The molecule has 2 amide bonds. The van der Waals surface area contributed by atoms with Crippen molar-refractivity contribution in [1.82, 2.24) is 5.32 Å². The molecular formula is C8H15N3O4. The number of nitrogens with two attached hydrogens (primary N) is 2. The Kier molecular flexibility index (Phi) is 5.32. The third-order valence-corrected chi connectivity index (χ3v) is 1.80. The van der Waals surface area contributed by atoms with E-state index >= 15 is 0 Å². The number of carboxylic acid groups (broad SMARTS) is 1. The molecule has 0 radical (unpaired) electrons. The fourth-order valence-electron chi connectivity index (χ4n) is 0.865. The molecule has 6 N–H and O–H groups in total. The summed E-state index contributed by atoms with van der Waals surface area (Å²) in [6.07, 6.45) is -0.0632. The Balaban J connectivity index is 4.35. The number of primary amides is 1. The molecule has 86 valence electrons. The Bertz CT molecular complexity index is 267. The summed E-state index contributed by atoms with van der Waals surface area (Å²) in [5, 5.41) is 10.8. The minimum absolute atomic E-state index is 0.384. The van der Waals surface area contributed by atoms with E-state index in [1.165, 1.54) is 0 Å². The van der Waals surface area contributed by atoms with Gasteiger partial charge in [0.2, 0.25) is 11.8 Å². The van der Waals surface area contributed by atoms with Gasteiger partial charge in [-0.1, -0.05) is 6.92 Å². The Hall–Kier alpha value is -1.63. The number of amides is 2. The molecule has 1 unspecified atom stereocenters. The van der Waals surface area contributed by atoms with Crippen molar-refractivity contribution >= 4 is 17.8 Å². The zero-order chi connectivity index (χ0) is 12.0. The van der Waals surface area contributed by atoms with Crippen LogP contribution >= 0.6 is 0 Å². The molecule has 0 aliphatic carbocycles. The number of hydrogen-bond acceptors (Lipinski definition) is 4. The smallest absolute Gasteiger partial charge is 0.326 e. The van der Waals surface area contributed by atoms with E-state index in [0.717, 1.165) is 0 Å². The van der Waals surface area contributed by atoms with Crippen molar-refractivity contribution in [2.24, 2.45) is 11.5 Å². The van der Waals surface area contributed by atoms with Crippen LogP contribution in [0.25, 0.3) is 0 Å². The van der Waals surface area contributed by atoms with Crippen LogP contribution in [0.15, 0.2) is 0 Å². The highest BCUT2D eigenvalue weighted by atomic mass is 16.4. The monoisotopic (exact) mass is 217 g/mol. The molecule has 0 spiro atoms. The Labute approximate surface area is 86.8 Å². The Morgan fingerprint density at radius 3 is 2.27 bits per heavy atom. The van der Waals surface area contributed by atoms with Crippen LogP contribution < -0.4 is 16.8 Å². The minimum atomic E-state index is -1.31. The fraction of sp³-hybridized carbons (Fsp3) is 0.625. The average molecular weight is 217 g/mol. The Morgan fingerprint density at radius 2 is 1.93 bits per heavy atom. The minimum Gasteiger partial charge on any atom is -0.480 e. The molecule has 7 heteroatoms. The van der Waals surface area contributed by atoms with Crippen LogP contribution in [-0.4, -0.2) is 35.0 Å². The second-order valence-electron chi connectivity index (χ2n) is 3.08. The first-order valence-electron chi connectivity index (χ1n) is 4.45. The topological polar surface area (TPSA) is 136 Å². The lowest BCUT2D eigenvalue weighted by Crippen LogP contribution is -2.49. The van der Waals surface area contributed by atoms with Gasteiger partial charge >= 0.3 is 5.97 Å². The van der Waals surface area contributed by atoms with Gasteiger partial charge in [0.25, 0.3) is 0 Å². The van der Waals surface area contributed by atoms with Crippen LogP contribution in [0.4, 0.5) is 0 Å². The predicted molar refractivity (Wildman–Crippen MR) is 51.6 cm³/mol. The quantitative estimate of drug-likeness (QED) is 0.415. The molecule has 0 saturated heterocycles. The number of nitrogens with one attached hydrogen (secondary N) is 1. The molecule has 0 aromatic heterocycles. The third kappa shape index (κ3) is 4.96. The molecule has 7 nitrogen and oxygen atoms in total. The fourth-order valence-corrected chi connectivity index (χ4v) is 0.865. The average Bonchev–Trinajstić information content (AvgIpc) is 2.14. The van der Waals surface area contributed by atoms with E-state index in [-0.39, 0.29) is 0 Å². The van der Waals surface area contributed by atoms with Crippen LogP contribution in [0.2, 0.25) is 0 Å². The molecule has 0 aliphatic heterocycles. The van der Waals surface area contributed by atoms with Gasteiger partial charge in [0, 0.05) is 0 Å². The number of hydrogen-bond donors (Lipinski definition) is 4. The lowest BCUT2D eigenvalue weighted by atomic mass is 10.1. The zero-order valence-corrected chi connectivity index (χ0v) is 8.40. The van der Waals surface area contributed by atoms with E-state index < -0.39 is 36.3 Å². The summed E-state index contributed by atoms with van der Waals surface area (Å²) < 4.78 is 0. The van der Waals surface area contributed by atoms with E-state index in [9.17, 15) is 14.4 Å². The van der Waals surface area contributed by atoms with Crippen LogP contribution in [0.5, 0.6) is 0 Å². The van der Waals surface area contributed by atoms with Gasteiger partial charge in [-0.3, -0.25) is 9.59 Å². The molecule has 0 aromatic carbocycles.